The summed E-state index contributed by atoms with van der Waals surface area (Å²) >= 11 is 0. The molecule has 0 unspecified atom stereocenters. The van der Waals surface area contributed by atoms with Crippen LogP contribution in [0.25, 0.3) is 11.3 Å². The molecule has 2 aromatic heterocycles. The van der Waals surface area contributed by atoms with Crippen LogP contribution in [0, 0.1) is 6.92 Å². The molecular weight excluding hydrogens is 412 g/mol. The molecule has 172 valence electrons. The monoisotopic (exact) mass is 444 g/mol. The van der Waals surface area contributed by atoms with Gasteiger partial charge < -0.3 is 14.7 Å². The SMILES string of the molecule is Cc1nc(N2CCN(C)CC2)ncc1-c1ccnc(N2CCN(Cc3ccccc3)CC2)n1. The minimum absolute atomic E-state index is 0.786. The van der Waals surface area contributed by atoms with Crippen molar-refractivity contribution in [2.45, 2.75) is 13.5 Å². The summed E-state index contributed by atoms with van der Waals surface area (Å²) in [4.78, 5) is 28.3. The van der Waals surface area contributed by atoms with Crippen molar-refractivity contribution in [1.82, 2.24) is 29.7 Å². The fraction of sp³-hybridized carbons (Fsp3) is 0.440. The van der Waals surface area contributed by atoms with E-state index in [2.05, 4.69) is 66.9 Å². The topological polar surface area (TPSA) is 64.5 Å². The molecule has 5 rings (SSSR count). The van der Waals surface area contributed by atoms with Crippen molar-refractivity contribution in [2.24, 2.45) is 0 Å². The van der Waals surface area contributed by atoms with Crippen molar-refractivity contribution in [3.63, 3.8) is 0 Å². The Hall–Kier alpha value is -3.10. The second kappa shape index (κ2) is 9.80. The molecule has 2 saturated heterocycles. The van der Waals surface area contributed by atoms with E-state index in [1.54, 1.807) is 0 Å². The number of hydrogen-bond acceptors (Lipinski definition) is 8. The van der Waals surface area contributed by atoms with Crippen LogP contribution in [0.15, 0.2) is 48.8 Å². The highest BCUT2D eigenvalue weighted by atomic mass is 15.3. The van der Waals surface area contributed by atoms with Gasteiger partial charge in [0.15, 0.2) is 0 Å². The first-order valence-electron chi connectivity index (χ1n) is 11.8. The van der Waals surface area contributed by atoms with Gasteiger partial charge in [-0.05, 0) is 25.6 Å². The van der Waals surface area contributed by atoms with Crippen molar-refractivity contribution in [2.75, 3.05) is 69.2 Å². The van der Waals surface area contributed by atoms with E-state index < -0.39 is 0 Å². The Kier molecular flexibility index (Phi) is 6.46. The summed E-state index contributed by atoms with van der Waals surface area (Å²) in [6, 6.07) is 12.6. The third-order valence-corrected chi connectivity index (χ3v) is 6.58. The Morgan fingerprint density at radius 3 is 2.12 bits per heavy atom. The van der Waals surface area contributed by atoms with Gasteiger partial charge in [-0.3, -0.25) is 4.90 Å². The van der Waals surface area contributed by atoms with E-state index in [1.807, 2.05) is 25.4 Å². The van der Waals surface area contributed by atoms with Crippen LogP contribution < -0.4 is 9.80 Å². The number of hydrogen-bond donors (Lipinski definition) is 0. The fourth-order valence-corrected chi connectivity index (χ4v) is 4.46. The van der Waals surface area contributed by atoms with E-state index in [9.17, 15) is 0 Å². The third kappa shape index (κ3) is 5.12. The first-order valence-corrected chi connectivity index (χ1v) is 11.8. The van der Waals surface area contributed by atoms with Gasteiger partial charge in [0.05, 0.1) is 11.4 Å². The summed E-state index contributed by atoms with van der Waals surface area (Å²) in [5.41, 5.74) is 4.17. The first kappa shape index (κ1) is 21.7. The van der Waals surface area contributed by atoms with Gasteiger partial charge in [-0.2, -0.15) is 0 Å². The van der Waals surface area contributed by atoms with Gasteiger partial charge in [0.2, 0.25) is 11.9 Å². The number of piperazine rings is 2. The molecule has 33 heavy (non-hydrogen) atoms. The lowest BCUT2D eigenvalue weighted by molar-refractivity contribution is 0.248. The van der Waals surface area contributed by atoms with E-state index >= 15 is 0 Å². The van der Waals surface area contributed by atoms with Crippen molar-refractivity contribution >= 4 is 11.9 Å². The summed E-state index contributed by atoms with van der Waals surface area (Å²) in [6.45, 7) is 10.9. The lowest BCUT2D eigenvalue weighted by atomic mass is 10.1. The second-order valence-electron chi connectivity index (χ2n) is 8.95. The summed E-state index contributed by atoms with van der Waals surface area (Å²) in [7, 11) is 2.16. The van der Waals surface area contributed by atoms with E-state index in [0.717, 1.165) is 87.8 Å². The minimum Gasteiger partial charge on any atom is -0.338 e. The van der Waals surface area contributed by atoms with Crippen LogP contribution in [0.5, 0.6) is 0 Å². The summed E-state index contributed by atoms with van der Waals surface area (Å²) in [5.74, 6) is 1.60. The van der Waals surface area contributed by atoms with E-state index in [-0.39, 0.29) is 0 Å². The molecule has 0 amide bonds. The molecular formula is C25H32N8. The number of anilines is 2. The first-order chi connectivity index (χ1) is 16.2. The molecule has 0 atom stereocenters. The molecule has 0 saturated carbocycles. The lowest BCUT2D eigenvalue weighted by Gasteiger charge is -2.34. The maximum Gasteiger partial charge on any atom is 0.225 e. The third-order valence-electron chi connectivity index (χ3n) is 6.58. The predicted octanol–water partition coefficient (Wildman–Crippen LogP) is 2.32. The standard InChI is InChI=1S/C25H32N8/c1-20-22(18-27-25(28-20)32-14-10-30(2)11-15-32)23-8-9-26-24(29-23)33-16-12-31(13-17-33)19-21-6-4-3-5-7-21/h3-9,18H,10-17,19H2,1-2H3. The molecule has 1 aromatic carbocycles. The maximum absolute atomic E-state index is 4.88. The molecule has 0 aliphatic carbocycles. The zero-order valence-corrected chi connectivity index (χ0v) is 19.6. The van der Waals surface area contributed by atoms with Crippen molar-refractivity contribution in [1.29, 1.82) is 0 Å². The van der Waals surface area contributed by atoms with Crippen LogP contribution in [0.3, 0.4) is 0 Å². The Balaban J connectivity index is 1.25. The number of benzene rings is 1. The van der Waals surface area contributed by atoms with Crippen LogP contribution in [0.1, 0.15) is 11.3 Å². The summed E-state index contributed by atoms with van der Waals surface area (Å²) in [6.07, 6.45) is 3.77. The number of aromatic nitrogens is 4. The highest BCUT2D eigenvalue weighted by molar-refractivity contribution is 5.62. The molecule has 2 fully saturated rings. The van der Waals surface area contributed by atoms with Crippen LogP contribution in [0.4, 0.5) is 11.9 Å². The molecule has 2 aliphatic rings. The average molecular weight is 445 g/mol. The molecule has 2 aliphatic heterocycles. The van der Waals surface area contributed by atoms with Gasteiger partial charge in [0.1, 0.15) is 0 Å². The average Bonchev–Trinajstić information content (AvgIpc) is 2.86. The van der Waals surface area contributed by atoms with Gasteiger partial charge >= 0.3 is 0 Å². The van der Waals surface area contributed by atoms with Crippen molar-refractivity contribution < 1.29 is 0 Å². The van der Waals surface area contributed by atoms with Crippen molar-refractivity contribution in [3.8, 4) is 11.3 Å². The van der Waals surface area contributed by atoms with E-state index in [0.29, 0.717) is 0 Å². The molecule has 4 heterocycles. The van der Waals surface area contributed by atoms with Gasteiger partial charge in [0, 0.05) is 76.9 Å². The molecule has 0 spiro atoms. The molecule has 3 aromatic rings. The molecule has 0 bridgehead atoms. The zero-order valence-electron chi connectivity index (χ0n) is 19.6. The quantitative estimate of drug-likeness (QED) is 0.594. The number of nitrogens with zero attached hydrogens (tertiary/aromatic N) is 8. The van der Waals surface area contributed by atoms with Gasteiger partial charge in [0.25, 0.3) is 0 Å². The Morgan fingerprint density at radius 2 is 1.42 bits per heavy atom. The van der Waals surface area contributed by atoms with Crippen LogP contribution in [-0.4, -0.2) is 89.1 Å². The molecule has 0 N–H and O–H groups in total. The smallest absolute Gasteiger partial charge is 0.225 e. The number of rotatable bonds is 5. The van der Waals surface area contributed by atoms with Crippen LogP contribution >= 0.6 is 0 Å². The number of aryl methyl sites for hydroxylation is 1. The summed E-state index contributed by atoms with van der Waals surface area (Å²) in [5, 5.41) is 0. The van der Waals surface area contributed by atoms with E-state index in [1.165, 1.54) is 5.56 Å². The minimum atomic E-state index is 0.786. The van der Waals surface area contributed by atoms with Crippen LogP contribution in [0.2, 0.25) is 0 Å². The second-order valence-corrected chi connectivity index (χ2v) is 8.95. The lowest BCUT2D eigenvalue weighted by Crippen LogP contribution is -2.46. The van der Waals surface area contributed by atoms with Crippen LogP contribution in [-0.2, 0) is 6.54 Å². The maximum atomic E-state index is 4.88. The van der Waals surface area contributed by atoms with Gasteiger partial charge in [-0.15, -0.1) is 0 Å². The van der Waals surface area contributed by atoms with Gasteiger partial charge in [-0.1, -0.05) is 30.3 Å². The van der Waals surface area contributed by atoms with Gasteiger partial charge in [-0.25, -0.2) is 19.9 Å². The summed E-state index contributed by atoms with van der Waals surface area (Å²) < 4.78 is 0. The predicted molar refractivity (Wildman–Crippen MR) is 131 cm³/mol. The highest BCUT2D eigenvalue weighted by Crippen LogP contribution is 2.24. The Labute approximate surface area is 195 Å². The fourth-order valence-electron chi connectivity index (χ4n) is 4.46. The molecule has 0 radical (unpaired) electrons. The normalized spacial score (nSPS) is 18.0. The molecule has 8 nitrogen and oxygen atoms in total. The number of likely N-dealkylation sites (N-methyl/N-ethyl adjacent to an activating group) is 1. The van der Waals surface area contributed by atoms with E-state index in [4.69, 9.17) is 9.97 Å². The zero-order chi connectivity index (χ0) is 22.6. The Bertz CT molecular complexity index is 1060. The van der Waals surface area contributed by atoms with Crippen molar-refractivity contribution in [3.05, 3.63) is 60.0 Å². The molecule has 8 heteroatoms. The Morgan fingerprint density at radius 1 is 0.758 bits per heavy atom. The largest absolute Gasteiger partial charge is 0.338 e. The highest BCUT2D eigenvalue weighted by Gasteiger charge is 2.21.